The van der Waals surface area contributed by atoms with Crippen molar-refractivity contribution in [3.05, 3.63) is 59.7 Å². The Kier molecular flexibility index (Phi) is 3.80. The van der Waals surface area contributed by atoms with Gasteiger partial charge in [0.25, 0.3) is 0 Å². The molecule has 3 aromatic carbocycles. The average Bonchev–Trinajstić information content (AvgIpc) is 2.62. The maximum absolute atomic E-state index is 3.59. The van der Waals surface area contributed by atoms with Crippen molar-refractivity contribution in [2.24, 2.45) is 5.41 Å². The summed E-state index contributed by atoms with van der Waals surface area (Å²) in [6.45, 7) is 14.4. The van der Waals surface area contributed by atoms with Gasteiger partial charge in [-0.1, -0.05) is 41.5 Å². The van der Waals surface area contributed by atoms with Crippen molar-refractivity contribution in [3.63, 3.8) is 0 Å². The first-order valence-electron chi connectivity index (χ1n) is 8.48. The number of hydrogen-bond donors (Lipinski definition) is 0. The van der Waals surface area contributed by atoms with E-state index in [0.29, 0.717) is 0 Å². The molecule has 1 aliphatic carbocycles. The minimum Gasteiger partial charge on any atom is -0.219 e. The maximum Gasteiger partial charge on any atom is 0 e. The van der Waals surface area contributed by atoms with Gasteiger partial charge >= 0.3 is 0 Å². The van der Waals surface area contributed by atoms with E-state index in [-0.39, 0.29) is 36.4 Å². The zero-order valence-electron chi connectivity index (χ0n) is 15.3. The van der Waals surface area contributed by atoms with Crippen LogP contribution in [0.1, 0.15) is 52.7 Å². The van der Waals surface area contributed by atoms with Crippen molar-refractivity contribution in [1.29, 1.82) is 0 Å². The van der Waals surface area contributed by atoms with Gasteiger partial charge in [-0.05, 0) is 16.2 Å². The topological polar surface area (TPSA) is 0 Å². The second kappa shape index (κ2) is 5.16. The Morgan fingerprint density at radius 1 is 0.792 bits per heavy atom. The molecule has 0 heterocycles. The molecule has 1 aliphatic rings. The third kappa shape index (κ3) is 1.89. The van der Waals surface area contributed by atoms with E-state index >= 15 is 0 Å². The van der Waals surface area contributed by atoms with Gasteiger partial charge < -0.3 is 0 Å². The fourth-order valence-corrected chi connectivity index (χ4v) is 4.51. The summed E-state index contributed by atoms with van der Waals surface area (Å²) in [5, 5.41) is 4.99. The molecule has 0 spiro atoms. The van der Waals surface area contributed by atoms with Crippen molar-refractivity contribution < 1.29 is 20.1 Å². The molecule has 0 fully saturated rings. The molecule has 127 valence electrons. The van der Waals surface area contributed by atoms with Crippen LogP contribution in [0.15, 0.2) is 36.4 Å². The predicted octanol–water partition coefficient (Wildman–Crippen LogP) is 6.19. The fraction of sp³-hybridized carbons (Fsp3) is 0.391. The van der Waals surface area contributed by atoms with Gasteiger partial charge in [0.2, 0.25) is 0 Å². The van der Waals surface area contributed by atoms with Crippen LogP contribution in [0.25, 0.3) is 21.5 Å². The Morgan fingerprint density at radius 2 is 1.50 bits per heavy atom. The van der Waals surface area contributed by atoms with E-state index < -0.39 is 0 Å². The third-order valence-electron chi connectivity index (χ3n) is 7.16. The molecule has 0 N–H and O–H groups in total. The standard InChI is InChI=1S/C23H24.Ir/c1-21(2)19-14-13-17-16-10-8-7-9-15(16)11-12-18(17)20(19)22(3,4)23(21,5)6;/h7-9,11-12,14H,1-6H3;/q-2;. The Morgan fingerprint density at radius 3 is 2.21 bits per heavy atom. The molecule has 0 saturated heterocycles. The van der Waals surface area contributed by atoms with Gasteiger partial charge in [0, 0.05) is 20.1 Å². The Balaban J connectivity index is 0.00000169. The Labute approximate surface area is 159 Å². The second-order valence-corrected chi connectivity index (χ2v) is 8.57. The molecule has 0 amide bonds. The number of rotatable bonds is 0. The van der Waals surface area contributed by atoms with Crippen LogP contribution < -0.4 is 0 Å². The zero-order valence-corrected chi connectivity index (χ0v) is 17.7. The third-order valence-corrected chi connectivity index (χ3v) is 7.16. The molecule has 1 heteroatoms. The first kappa shape index (κ1) is 17.6. The van der Waals surface area contributed by atoms with Gasteiger partial charge in [0.1, 0.15) is 0 Å². The molecule has 0 aliphatic heterocycles. The first-order chi connectivity index (χ1) is 10.7. The summed E-state index contributed by atoms with van der Waals surface area (Å²) < 4.78 is 0. The summed E-state index contributed by atoms with van der Waals surface area (Å²) in [6.07, 6.45) is 0. The second-order valence-electron chi connectivity index (χ2n) is 8.57. The summed E-state index contributed by atoms with van der Waals surface area (Å²) in [5.74, 6) is 0. The fourth-order valence-electron chi connectivity index (χ4n) is 4.51. The molecular formula is C23H24Ir-2. The van der Waals surface area contributed by atoms with E-state index in [2.05, 4.69) is 84.0 Å². The van der Waals surface area contributed by atoms with Gasteiger partial charge in [-0.3, -0.25) is 0 Å². The van der Waals surface area contributed by atoms with Crippen molar-refractivity contribution in [2.45, 2.75) is 52.4 Å². The average molecular weight is 493 g/mol. The minimum atomic E-state index is 0. The van der Waals surface area contributed by atoms with Crippen molar-refractivity contribution in [1.82, 2.24) is 0 Å². The summed E-state index contributed by atoms with van der Waals surface area (Å²) in [4.78, 5) is 0. The largest absolute Gasteiger partial charge is 0.219 e. The Bertz CT molecular complexity index is 945. The van der Waals surface area contributed by atoms with Crippen LogP contribution in [-0.2, 0) is 30.9 Å². The Hall–Kier alpha value is -1.17. The van der Waals surface area contributed by atoms with Crippen LogP contribution in [0.2, 0.25) is 0 Å². The van der Waals surface area contributed by atoms with Crippen molar-refractivity contribution >= 4 is 21.5 Å². The van der Waals surface area contributed by atoms with Crippen LogP contribution in [0.3, 0.4) is 0 Å². The van der Waals surface area contributed by atoms with Crippen LogP contribution >= 0.6 is 0 Å². The first-order valence-corrected chi connectivity index (χ1v) is 8.48. The van der Waals surface area contributed by atoms with Crippen LogP contribution in [0.5, 0.6) is 0 Å². The molecule has 1 radical (unpaired) electrons. The van der Waals surface area contributed by atoms with Gasteiger partial charge in [0.05, 0.1) is 0 Å². The molecule has 3 aromatic rings. The molecule has 4 rings (SSSR count). The van der Waals surface area contributed by atoms with E-state index in [9.17, 15) is 0 Å². The SMILES string of the molecule is CC1(C)c2c[c-]c3c(ccc4ccc[c-]c43)c2C(C)(C)C1(C)C.[Ir]. The van der Waals surface area contributed by atoms with Crippen LogP contribution in [-0.4, -0.2) is 0 Å². The number of hydrogen-bond acceptors (Lipinski definition) is 0. The van der Waals surface area contributed by atoms with Crippen LogP contribution in [0, 0.1) is 17.5 Å². The number of benzene rings is 3. The van der Waals surface area contributed by atoms with E-state index in [1.165, 1.54) is 32.7 Å². The van der Waals surface area contributed by atoms with Crippen LogP contribution in [0.4, 0.5) is 0 Å². The minimum absolute atomic E-state index is 0. The molecule has 0 aromatic heterocycles. The van der Waals surface area contributed by atoms with E-state index in [0.717, 1.165) is 0 Å². The normalized spacial score (nSPS) is 19.9. The van der Waals surface area contributed by atoms with Gasteiger partial charge in [-0.15, -0.1) is 40.8 Å². The maximum atomic E-state index is 3.59. The molecule has 0 unspecified atom stereocenters. The number of fused-ring (bicyclic) bond motifs is 5. The van der Waals surface area contributed by atoms with E-state index in [1.807, 2.05) is 6.07 Å². The molecule has 24 heavy (non-hydrogen) atoms. The van der Waals surface area contributed by atoms with Crippen molar-refractivity contribution in [2.75, 3.05) is 0 Å². The monoisotopic (exact) mass is 493 g/mol. The van der Waals surface area contributed by atoms with E-state index in [4.69, 9.17) is 0 Å². The molecule has 0 atom stereocenters. The summed E-state index contributed by atoms with van der Waals surface area (Å²) >= 11 is 0. The van der Waals surface area contributed by atoms with Crippen molar-refractivity contribution in [3.8, 4) is 0 Å². The smallest absolute Gasteiger partial charge is 0 e. The van der Waals surface area contributed by atoms with Gasteiger partial charge in [-0.2, -0.15) is 29.7 Å². The molecule has 0 bridgehead atoms. The van der Waals surface area contributed by atoms with Gasteiger partial charge in [0.15, 0.2) is 0 Å². The van der Waals surface area contributed by atoms with Gasteiger partial charge in [-0.25, -0.2) is 10.8 Å². The van der Waals surface area contributed by atoms with E-state index in [1.54, 1.807) is 0 Å². The molecule has 0 saturated carbocycles. The molecule has 0 nitrogen and oxygen atoms in total. The summed E-state index contributed by atoms with van der Waals surface area (Å²) in [6, 6.07) is 20.0. The summed E-state index contributed by atoms with van der Waals surface area (Å²) in [5.41, 5.74) is 3.38. The predicted molar refractivity (Wildman–Crippen MR) is 99.0 cm³/mol. The zero-order chi connectivity index (χ0) is 16.6. The molecular weight excluding hydrogens is 468 g/mol. The summed E-state index contributed by atoms with van der Waals surface area (Å²) in [7, 11) is 0. The quantitative estimate of drug-likeness (QED) is 0.259.